The van der Waals surface area contributed by atoms with Crippen molar-refractivity contribution in [3.8, 4) is 0 Å². The maximum atomic E-state index is 13.5. The van der Waals surface area contributed by atoms with E-state index in [-0.39, 0.29) is 18.4 Å². The summed E-state index contributed by atoms with van der Waals surface area (Å²) in [6.07, 6.45) is -3.20. The molecule has 1 fully saturated rings. The lowest BCUT2D eigenvalue weighted by atomic mass is 9.96. The van der Waals surface area contributed by atoms with Crippen LogP contribution >= 0.6 is 15.9 Å². The van der Waals surface area contributed by atoms with Crippen molar-refractivity contribution in [2.75, 3.05) is 13.1 Å². The highest BCUT2D eigenvalue weighted by Gasteiger charge is 2.38. The van der Waals surface area contributed by atoms with Crippen LogP contribution in [0.5, 0.6) is 0 Å². The summed E-state index contributed by atoms with van der Waals surface area (Å²) in [5.74, 6) is -0.859. The average Bonchev–Trinajstić information content (AvgIpc) is 3.08. The highest BCUT2D eigenvalue weighted by molar-refractivity contribution is 9.10. The van der Waals surface area contributed by atoms with Crippen molar-refractivity contribution < 1.29 is 18.0 Å². The van der Waals surface area contributed by atoms with Gasteiger partial charge in [-0.3, -0.25) is 4.79 Å². The van der Waals surface area contributed by atoms with Crippen molar-refractivity contribution in [3.05, 3.63) is 64.4 Å². The van der Waals surface area contributed by atoms with Gasteiger partial charge in [0.05, 0.1) is 16.6 Å². The summed E-state index contributed by atoms with van der Waals surface area (Å²) in [5, 5.41) is 0. The third-order valence-electron chi connectivity index (χ3n) is 5.35. The van der Waals surface area contributed by atoms with Gasteiger partial charge in [-0.1, -0.05) is 24.3 Å². The van der Waals surface area contributed by atoms with E-state index in [1.54, 1.807) is 35.2 Å². The van der Waals surface area contributed by atoms with E-state index in [2.05, 4.69) is 20.9 Å². The van der Waals surface area contributed by atoms with E-state index in [1.165, 1.54) is 4.57 Å². The Bertz CT molecular complexity index is 1040. The first kappa shape index (κ1) is 19.9. The Labute approximate surface area is 174 Å². The second kappa shape index (κ2) is 7.82. The molecule has 0 bridgehead atoms. The van der Waals surface area contributed by atoms with E-state index >= 15 is 0 Å². The van der Waals surface area contributed by atoms with E-state index in [9.17, 15) is 18.0 Å². The Morgan fingerprint density at radius 2 is 1.72 bits per heavy atom. The number of benzene rings is 2. The number of halogens is 4. The third kappa shape index (κ3) is 4.03. The topological polar surface area (TPSA) is 38.1 Å². The van der Waals surface area contributed by atoms with Crippen LogP contribution < -0.4 is 0 Å². The molecule has 2 heterocycles. The molecule has 1 saturated heterocycles. The number of nitrogens with zero attached hydrogens (tertiary/aromatic N) is 3. The number of carbonyl (C=O) groups is 1. The summed E-state index contributed by atoms with van der Waals surface area (Å²) in [5.41, 5.74) is 1.44. The Kier molecular flexibility index (Phi) is 5.38. The lowest BCUT2D eigenvalue weighted by molar-refractivity contribution is -0.147. The molecule has 3 aromatic rings. The fourth-order valence-electron chi connectivity index (χ4n) is 3.86. The molecule has 1 aliphatic rings. The molecule has 0 atom stereocenters. The molecular weight excluding hydrogens is 447 g/mol. The summed E-state index contributed by atoms with van der Waals surface area (Å²) in [7, 11) is 0. The minimum atomic E-state index is -4.50. The Balaban J connectivity index is 1.49. The van der Waals surface area contributed by atoms with Crippen LogP contribution in [0, 0.1) is 5.92 Å². The number of para-hydroxylation sites is 2. The number of amides is 1. The molecule has 1 aromatic heterocycles. The second-order valence-electron chi connectivity index (χ2n) is 7.25. The fourth-order valence-corrected chi connectivity index (χ4v) is 4.31. The molecule has 0 spiro atoms. The van der Waals surface area contributed by atoms with Gasteiger partial charge in [0.1, 0.15) is 0 Å². The first-order chi connectivity index (χ1) is 13.8. The SMILES string of the molecule is O=C(c1ccccc1Br)N1CCC(Cn2c(C(F)(F)F)nc3ccccc32)CC1. The third-order valence-corrected chi connectivity index (χ3v) is 6.05. The fraction of sp³-hybridized carbons (Fsp3) is 0.333. The van der Waals surface area contributed by atoms with Gasteiger partial charge in [-0.2, -0.15) is 13.2 Å². The van der Waals surface area contributed by atoms with E-state index in [4.69, 9.17) is 0 Å². The van der Waals surface area contributed by atoms with Gasteiger partial charge in [0, 0.05) is 24.1 Å². The zero-order valence-corrected chi connectivity index (χ0v) is 17.1. The van der Waals surface area contributed by atoms with Crippen molar-refractivity contribution in [1.29, 1.82) is 0 Å². The van der Waals surface area contributed by atoms with E-state index in [0.717, 1.165) is 4.47 Å². The van der Waals surface area contributed by atoms with Crippen LogP contribution in [0.15, 0.2) is 53.0 Å². The second-order valence-corrected chi connectivity index (χ2v) is 8.10. The molecule has 4 rings (SSSR count). The summed E-state index contributed by atoms with van der Waals surface area (Å²) in [6, 6.07) is 13.9. The Hall–Kier alpha value is -2.35. The van der Waals surface area contributed by atoms with E-state index in [0.29, 0.717) is 42.5 Å². The monoisotopic (exact) mass is 465 g/mol. The largest absolute Gasteiger partial charge is 0.449 e. The normalized spacial score (nSPS) is 15.8. The standard InChI is InChI=1S/C21H19BrF3N3O/c22-16-6-2-1-5-15(16)19(29)27-11-9-14(10-12-27)13-28-18-8-4-3-7-17(18)26-20(28)21(23,24)25/h1-8,14H,9-13H2. The molecule has 0 radical (unpaired) electrons. The zero-order valence-electron chi connectivity index (χ0n) is 15.5. The first-order valence-corrected chi connectivity index (χ1v) is 10.2. The summed E-state index contributed by atoms with van der Waals surface area (Å²) < 4.78 is 42.5. The molecule has 0 N–H and O–H groups in total. The van der Waals surface area contributed by atoms with Gasteiger partial charge in [0.15, 0.2) is 0 Å². The average molecular weight is 466 g/mol. The molecule has 29 heavy (non-hydrogen) atoms. The van der Waals surface area contributed by atoms with Crippen LogP contribution in [0.4, 0.5) is 13.2 Å². The molecule has 8 heteroatoms. The van der Waals surface area contributed by atoms with Gasteiger partial charge in [-0.15, -0.1) is 0 Å². The first-order valence-electron chi connectivity index (χ1n) is 9.41. The number of imidazole rings is 1. The number of likely N-dealkylation sites (tertiary alicyclic amines) is 1. The predicted octanol–water partition coefficient (Wildman–Crippen LogP) is 5.37. The van der Waals surface area contributed by atoms with Gasteiger partial charge in [-0.05, 0) is 59.0 Å². The summed E-state index contributed by atoms with van der Waals surface area (Å²) in [6.45, 7) is 1.30. The number of carbonyl (C=O) groups excluding carboxylic acids is 1. The van der Waals surface area contributed by atoms with Crippen molar-refractivity contribution >= 4 is 32.9 Å². The summed E-state index contributed by atoms with van der Waals surface area (Å²) >= 11 is 3.40. The van der Waals surface area contributed by atoms with Crippen LogP contribution in [0.1, 0.15) is 29.0 Å². The lowest BCUT2D eigenvalue weighted by Crippen LogP contribution is -2.39. The van der Waals surface area contributed by atoms with Gasteiger partial charge in [0.2, 0.25) is 5.82 Å². The smallest absolute Gasteiger partial charge is 0.339 e. The maximum Gasteiger partial charge on any atom is 0.449 e. The lowest BCUT2D eigenvalue weighted by Gasteiger charge is -2.32. The molecule has 1 amide bonds. The number of aromatic nitrogens is 2. The van der Waals surface area contributed by atoms with Gasteiger partial charge < -0.3 is 9.47 Å². The number of fused-ring (bicyclic) bond motifs is 1. The summed E-state index contributed by atoms with van der Waals surface area (Å²) in [4.78, 5) is 18.3. The highest BCUT2D eigenvalue weighted by atomic mass is 79.9. The van der Waals surface area contributed by atoms with Crippen molar-refractivity contribution in [3.63, 3.8) is 0 Å². The Morgan fingerprint density at radius 1 is 1.07 bits per heavy atom. The van der Waals surface area contributed by atoms with Crippen LogP contribution in [0.3, 0.4) is 0 Å². The van der Waals surface area contributed by atoms with Crippen LogP contribution in [-0.4, -0.2) is 33.4 Å². The predicted molar refractivity (Wildman–Crippen MR) is 108 cm³/mol. The minimum absolute atomic E-state index is 0.0528. The van der Waals surface area contributed by atoms with Crippen LogP contribution in [0.25, 0.3) is 11.0 Å². The zero-order chi connectivity index (χ0) is 20.6. The van der Waals surface area contributed by atoms with Gasteiger partial charge >= 0.3 is 6.18 Å². The van der Waals surface area contributed by atoms with Crippen LogP contribution in [-0.2, 0) is 12.7 Å². The van der Waals surface area contributed by atoms with Gasteiger partial charge in [-0.25, -0.2) is 4.98 Å². The van der Waals surface area contributed by atoms with Crippen molar-refractivity contribution in [2.45, 2.75) is 25.6 Å². The molecule has 0 unspecified atom stereocenters. The molecule has 2 aromatic carbocycles. The number of alkyl halides is 3. The van der Waals surface area contributed by atoms with E-state index < -0.39 is 12.0 Å². The number of piperidine rings is 1. The maximum absolute atomic E-state index is 13.5. The van der Waals surface area contributed by atoms with Gasteiger partial charge in [0.25, 0.3) is 5.91 Å². The molecular formula is C21H19BrF3N3O. The quantitative estimate of drug-likeness (QED) is 0.521. The number of rotatable bonds is 3. The van der Waals surface area contributed by atoms with E-state index in [1.807, 2.05) is 18.2 Å². The minimum Gasteiger partial charge on any atom is -0.339 e. The highest BCUT2D eigenvalue weighted by Crippen LogP contribution is 2.33. The molecule has 152 valence electrons. The molecule has 0 saturated carbocycles. The van der Waals surface area contributed by atoms with Crippen molar-refractivity contribution in [1.82, 2.24) is 14.5 Å². The Morgan fingerprint density at radius 3 is 2.41 bits per heavy atom. The molecule has 1 aliphatic heterocycles. The van der Waals surface area contributed by atoms with Crippen LogP contribution in [0.2, 0.25) is 0 Å². The molecule has 4 nitrogen and oxygen atoms in total. The van der Waals surface area contributed by atoms with Crippen molar-refractivity contribution in [2.24, 2.45) is 5.92 Å². The molecule has 0 aliphatic carbocycles. The number of hydrogen-bond acceptors (Lipinski definition) is 2. The number of hydrogen-bond donors (Lipinski definition) is 0.